The van der Waals surface area contributed by atoms with Crippen LogP contribution >= 0.6 is 0 Å². The first kappa shape index (κ1) is 15.7. The summed E-state index contributed by atoms with van der Waals surface area (Å²) in [6, 6.07) is 1.07. The van der Waals surface area contributed by atoms with Gasteiger partial charge in [-0.3, -0.25) is 0 Å². The molecular formula is C12H19NO5S. The molecule has 0 bridgehead atoms. The summed E-state index contributed by atoms with van der Waals surface area (Å²) in [5.41, 5.74) is 0. The number of nitrogens with zero attached hydrogens (tertiary/aromatic N) is 1. The second kappa shape index (κ2) is 6.21. The molecule has 1 aromatic heterocycles. The van der Waals surface area contributed by atoms with E-state index in [-0.39, 0.29) is 16.4 Å². The highest BCUT2D eigenvalue weighted by Crippen LogP contribution is 2.24. The Kier molecular flexibility index (Phi) is 5.13. The predicted octanol–water partition coefficient (Wildman–Crippen LogP) is 2.10. The maximum atomic E-state index is 12.4. The molecule has 7 heteroatoms. The third-order valence-electron chi connectivity index (χ3n) is 2.81. The van der Waals surface area contributed by atoms with Gasteiger partial charge in [0, 0.05) is 19.2 Å². The Labute approximate surface area is 113 Å². The zero-order chi connectivity index (χ0) is 14.6. The molecule has 0 aliphatic carbocycles. The minimum atomic E-state index is -3.69. The van der Waals surface area contributed by atoms with Gasteiger partial charge < -0.3 is 9.52 Å². The van der Waals surface area contributed by atoms with Crippen LogP contribution < -0.4 is 0 Å². The summed E-state index contributed by atoms with van der Waals surface area (Å²) >= 11 is 0. The van der Waals surface area contributed by atoms with Crippen molar-refractivity contribution in [3.05, 3.63) is 17.6 Å². The van der Waals surface area contributed by atoms with Crippen molar-refractivity contribution >= 4 is 16.0 Å². The standard InChI is InChI=1S/C12H19NO5S/c1-4-6-7-13(5-2)19(16,17)11-8-10(12(14)15)18-9(11)3/h8H,4-7H2,1-3H3,(H,14,15). The second-order valence-electron chi connectivity index (χ2n) is 4.19. The molecule has 0 fully saturated rings. The fourth-order valence-corrected chi connectivity index (χ4v) is 3.40. The minimum absolute atomic E-state index is 0.0668. The van der Waals surface area contributed by atoms with Crippen LogP contribution in [0.1, 0.15) is 43.0 Å². The number of hydrogen-bond acceptors (Lipinski definition) is 4. The molecular weight excluding hydrogens is 270 g/mol. The van der Waals surface area contributed by atoms with Gasteiger partial charge in [-0.25, -0.2) is 13.2 Å². The number of aromatic carboxylic acids is 1. The van der Waals surface area contributed by atoms with Crippen molar-refractivity contribution in [1.82, 2.24) is 4.31 Å². The lowest BCUT2D eigenvalue weighted by Crippen LogP contribution is -2.32. The van der Waals surface area contributed by atoms with Gasteiger partial charge in [-0.15, -0.1) is 0 Å². The van der Waals surface area contributed by atoms with Crippen LogP contribution in [0.15, 0.2) is 15.4 Å². The topological polar surface area (TPSA) is 87.8 Å². The smallest absolute Gasteiger partial charge is 0.371 e. The third-order valence-corrected chi connectivity index (χ3v) is 4.90. The molecule has 0 amide bonds. The molecule has 1 heterocycles. The van der Waals surface area contributed by atoms with E-state index in [2.05, 4.69) is 0 Å². The molecule has 0 aliphatic rings. The molecule has 0 spiro atoms. The molecule has 0 aliphatic heterocycles. The number of carbonyl (C=O) groups is 1. The van der Waals surface area contributed by atoms with Crippen molar-refractivity contribution in [3.8, 4) is 0 Å². The highest BCUT2D eigenvalue weighted by Gasteiger charge is 2.28. The van der Waals surface area contributed by atoms with Crippen molar-refractivity contribution < 1.29 is 22.7 Å². The first-order valence-electron chi connectivity index (χ1n) is 6.18. The van der Waals surface area contributed by atoms with E-state index in [0.717, 1.165) is 18.9 Å². The van der Waals surface area contributed by atoms with Crippen LogP contribution in [-0.4, -0.2) is 36.9 Å². The Balaban J connectivity index is 3.14. The van der Waals surface area contributed by atoms with Crippen molar-refractivity contribution in [2.45, 2.75) is 38.5 Å². The zero-order valence-corrected chi connectivity index (χ0v) is 12.2. The van der Waals surface area contributed by atoms with E-state index in [9.17, 15) is 13.2 Å². The van der Waals surface area contributed by atoms with Gasteiger partial charge >= 0.3 is 5.97 Å². The number of carboxylic acids is 1. The summed E-state index contributed by atoms with van der Waals surface area (Å²) in [5.74, 6) is -1.53. The molecule has 1 rings (SSSR count). The second-order valence-corrected chi connectivity index (χ2v) is 6.09. The number of aryl methyl sites for hydroxylation is 1. The summed E-state index contributed by atoms with van der Waals surface area (Å²) in [6.07, 6.45) is 1.65. The van der Waals surface area contributed by atoms with Crippen molar-refractivity contribution in [2.24, 2.45) is 0 Å². The molecule has 1 aromatic rings. The Morgan fingerprint density at radius 3 is 2.47 bits per heavy atom. The maximum Gasteiger partial charge on any atom is 0.371 e. The molecule has 1 N–H and O–H groups in total. The van der Waals surface area contributed by atoms with Crippen LogP contribution in [-0.2, 0) is 10.0 Å². The van der Waals surface area contributed by atoms with E-state index in [1.165, 1.54) is 11.2 Å². The van der Waals surface area contributed by atoms with Crippen LogP contribution in [0, 0.1) is 6.92 Å². The van der Waals surface area contributed by atoms with E-state index in [1.807, 2.05) is 6.92 Å². The summed E-state index contributed by atoms with van der Waals surface area (Å²) in [4.78, 5) is 10.7. The fraction of sp³-hybridized carbons (Fsp3) is 0.583. The van der Waals surface area contributed by atoms with E-state index in [4.69, 9.17) is 9.52 Å². The van der Waals surface area contributed by atoms with Gasteiger partial charge in [0.25, 0.3) is 0 Å². The number of carboxylic acid groups (broad SMARTS) is 1. The Morgan fingerprint density at radius 1 is 1.42 bits per heavy atom. The fourth-order valence-electron chi connectivity index (χ4n) is 1.75. The molecule has 6 nitrogen and oxygen atoms in total. The Morgan fingerprint density at radius 2 is 2.05 bits per heavy atom. The normalized spacial score (nSPS) is 12.0. The summed E-state index contributed by atoms with van der Waals surface area (Å²) in [5, 5.41) is 8.82. The number of sulfonamides is 1. The van der Waals surface area contributed by atoms with Crippen LogP contribution in [0.4, 0.5) is 0 Å². The van der Waals surface area contributed by atoms with E-state index >= 15 is 0 Å². The molecule has 0 unspecified atom stereocenters. The Hall–Kier alpha value is -1.34. The monoisotopic (exact) mass is 289 g/mol. The van der Waals surface area contributed by atoms with Crippen LogP contribution in [0.3, 0.4) is 0 Å². The van der Waals surface area contributed by atoms with Crippen molar-refractivity contribution in [3.63, 3.8) is 0 Å². The predicted molar refractivity (Wildman–Crippen MR) is 69.7 cm³/mol. The van der Waals surface area contributed by atoms with Crippen LogP contribution in [0.2, 0.25) is 0 Å². The lowest BCUT2D eigenvalue weighted by molar-refractivity contribution is 0.0661. The van der Waals surface area contributed by atoms with Gasteiger partial charge in [0.2, 0.25) is 15.8 Å². The third kappa shape index (κ3) is 3.36. The highest BCUT2D eigenvalue weighted by molar-refractivity contribution is 7.89. The highest BCUT2D eigenvalue weighted by atomic mass is 32.2. The molecule has 0 saturated carbocycles. The first-order chi connectivity index (χ1) is 8.84. The number of rotatable bonds is 7. The summed E-state index contributed by atoms with van der Waals surface area (Å²) < 4.78 is 31.1. The molecule has 19 heavy (non-hydrogen) atoms. The van der Waals surface area contributed by atoms with E-state index in [0.29, 0.717) is 13.1 Å². The molecule has 108 valence electrons. The SMILES string of the molecule is CCCCN(CC)S(=O)(=O)c1cc(C(=O)O)oc1C. The van der Waals surface area contributed by atoms with Gasteiger partial charge in [-0.1, -0.05) is 20.3 Å². The van der Waals surface area contributed by atoms with Gasteiger partial charge in [0.05, 0.1) is 0 Å². The molecule has 0 radical (unpaired) electrons. The average molecular weight is 289 g/mol. The van der Waals surface area contributed by atoms with Crippen LogP contribution in [0.5, 0.6) is 0 Å². The summed E-state index contributed by atoms with van der Waals surface area (Å²) in [7, 11) is -3.69. The van der Waals surface area contributed by atoms with Crippen LogP contribution in [0.25, 0.3) is 0 Å². The van der Waals surface area contributed by atoms with Gasteiger partial charge in [-0.05, 0) is 13.3 Å². The largest absolute Gasteiger partial charge is 0.475 e. The van der Waals surface area contributed by atoms with Gasteiger partial charge in [0.1, 0.15) is 10.7 Å². The average Bonchev–Trinajstić information content (AvgIpc) is 2.73. The number of unbranched alkanes of at least 4 members (excludes halogenated alkanes) is 1. The van der Waals surface area contributed by atoms with Gasteiger partial charge in [0.15, 0.2) is 0 Å². The summed E-state index contributed by atoms with van der Waals surface area (Å²) in [6.45, 7) is 5.94. The van der Waals surface area contributed by atoms with Crippen molar-refractivity contribution in [1.29, 1.82) is 0 Å². The quantitative estimate of drug-likeness (QED) is 0.830. The van der Waals surface area contributed by atoms with E-state index < -0.39 is 16.0 Å². The first-order valence-corrected chi connectivity index (χ1v) is 7.62. The lowest BCUT2D eigenvalue weighted by atomic mass is 10.3. The molecule has 0 atom stereocenters. The lowest BCUT2D eigenvalue weighted by Gasteiger charge is -2.19. The molecule has 0 saturated heterocycles. The molecule has 0 aromatic carbocycles. The Bertz CT molecular complexity index is 546. The number of furan rings is 1. The maximum absolute atomic E-state index is 12.4. The van der Waals surface area contributed by atoms with Crippen molar-refractivity contribution in [2.75, 3.05) is 13.1 Å². The minimum Gasteiger partial charge on any atom is -0.475 e. The zero-order valence-electron chi connectivity index (χ0n) is 11.3. The van der Waals surface area contributed by atoms with E-state index in [1.54, 1.807) is 6.92 Å². The number of hydrogen-bond donors (Lipinski definition) is 1. The van der Waals surface area contributed by atoms with Gasteiger partial charge in [-0.2, -0.15) is 4.31 Å².